The van der Waals surface area contributed by atoms with E-state index in [2.05, 4.69) is 47.9 Å². The smallest absolute Gasteiger partial charge is 0.146 e. The molecule has 1 atom stereocenters. The first-order chi connectivity index (χ1) is 10.7. The zero-order valence-electron chi connectivity index (χ0n) is 13.7. The molecule has 1 aromatic heterocycles. The first kappa shape index (κ1) is 16.5. The molecule has 22 heavy (non-hydrogen) atoms. The number of hydrogen-bond donors (Lipinski definition) is 1. The highest BCUT2D eigenvalue weighted by atomic mass is 16.3. The lowest BCUT2D eigenvalue weighted by Gasteiger charge is -2.31. The molecule has 2 aromatic rings. The first-order valence-electron chi connectivity index (χ1n) is 7.94. The van der Waals surface area contributed by atoms with Gasteiger partial charge in [-0.1, -0.05) is 39.0 Å². The molecule has 0 aliphatic rings. The van der Waals surface area contributed by atoms with Crippen molar-refractivity contribution in [2.45, 2.75) is 46.3 Å². The highest BCUT2D eigenvalue weighted by Crippen LogP contribution is 2.20. The summed E-state index contributed by atoms with van der Waals surface area (Å²) in [5.74, 6) is 1.45. The normalized spacial score (nSPS) is 12.6. The van der Waals surface area contributed by atoms with Crippen molar-refractivity contribution in [1.82, 2.24) is 14.8 Å². The lowest BCUT2D eigenvalue weighted by Crippen LogP contribution is -2.38. The number of nitrogens with zero attached hydrogens (tertiary/aromatic N) is 4. The van der Waals surface area contributed by atoms with E-state index in [1.165, 1.54) is 0 Å². The highest BCUT2D eigenvalue weighted by Gasteiger charge is 2.19. The average molecular weight is 302 g/mol. The summed E-state index contributed by atoms with van der Waals surface area (Å²) in [7, 11) is 0. The summed E-state index contributed by atoms with van der Waals surface area (Å²) in [6.45, 7) is 8.06. The molecule has 0 fully saturated rings. The van der Waals surface area contributed by atoms with E-state index in [1.807, 2.05) is 22.9 Å². The molecule has 2 rings (SSSR count). The largest absolute Gasteiger partial charge is 0.394 e. The average Bonchev–Trinajstić information content (AvgIpc) is 2.94. The van der Waals surface area contributed by atoms with E-state index in [0.29, 0.717) is 12.5 Å². The Morgan fingerprint density at radius 3 is 2.55 bits per heavy atom. The van der Waals surface area contributed by atoms with Gasteiger partial charge in [0.2, 0.25) is 0 Å². The van der Waals surface area contributed by atoms with Crippen LogP contribution in [0.1, 0.15) is 33.0 Å². The van der Waals surface area contributed by atoms with Gasteiger partial charge in [0.05, 0.1) is 19.2 Å². The fraction of sp³-hybridized carbons (Fsp3) is 0.529. The van der Waals surface area contributed by atoms with Crippen molar-refractivity contribution in [3.63, 3.8) is 0 Å². The summed E-state index contributed by atoms with van der Waals surface area (Å²) in [4.78, 5) is 6.62. The van der Waals surface area contributed by atoms with Gasteiger partial charge >= 0.3 is 0 Å². The van der Waals surface area contributed by atoms with Gasteiger partial charge in [0, 0.05) is 12.2 Å². The SMILES string of the molecule is CCC(CO)N(Cc1ncnn1CC(C)C)c1ccccc1. The van der Waals surface area contributed by atoms with Crippen LogP contribution in [0.4, 0.5) is 5.69 Å². The molecule has 0 saturated heterocycles. The molecule has 120 valence electrons. The second kappa shape index (κ2) is 7.94. The summed E-state index contributed by atoms with van der Waals surface area (Å²) in [5.41, 5.74) is 1.10. The monoisotopic (exact) mass is 302 g/mol. The van der Waals surface area contributed by atoms with Gasteiger partial charge in [-0.15, -0.1) is 0 Å². The van der Waals surface area contributed by atoms with Gasteiger partial charge in [0.25, 0.3) is 0 Å². The molecule has 0 spiro atoms. The van der Waals surface area contributed by atoms with E-state index in [9.17, 15) is 5.11 Å². The van der Waals surface area contributed by atoms with Crippen molar-refractivity contribution < 1.29 is 5.11 Å². The summed E-state index contributed by atoms with van der Waals surface area (Å²) >= 11 is 0. The van der Waals surface area contributed by atoms with Gasteiger partial charge in [-0.3, -0.25) is 0 Å². The van der Waals surface area contributed by atoms with Gasteiger partial charge in [-0.2, -0.15) is 5.10 Å². The van der Waals surface area contributed by atoms with Crippen LogP contribution >= 0.6 is 0 Å². The van der Waals surface area contributed by atoms with Crippen LogP contribution in [0, 0.1) is 5.92 Å². The van der Waals surface area contributed by atoms with Crippen molar-refractivity contribution in [3.8, 4) is 0 Å². The minimum atomic E-state index is 0.0756. The summed E-state index contributed by atoms with van der Waals surface area (Å²) in [6.07, 6.45) is 2.49. The molecule has 0 bridgehead atoms. The number of aliphatic hydroxyl groups excluding tert-OH is 1. The van der Waals surface area contributed by atoms with E-state index in [4.69, 9.17) is 0 Å². The molecule has 5 nitrogen and oxygen atoms in total. The van der Waals surface area contributed by atoms with E-state index in [-0.39, 0.29) is 12.6 Å². The maximum atomic E-state index is 9.72. The second-order valence-electron chi connectivity index (χ2n) is 5.96. The summed E-state index contributed by atoms with van der Waals surface area (Å²) < 4.78 is 1.96. The number of rotatable bonds is 8. The Morgan fingerprint density at radius 1 is 1.23 bits per heavy atom. The molecule has 5 heteroatoms. The Balaban J connectivity index is 2.25. The fourth-order valence-corrected chi connectivity index (χ4v) is 2.56. The summed E-state index contributed by atoms with van der Waals surface area (Å²) in [5, 5.41) is 14.0. The molecular weight excluding hydrogens is 276 g/mol. The van der Waals surface area contributed by atoms with Crippen LogP contribution in [-0.4, -0.2) is 32.5 Å². The molecule has 0 saturated carbocycles. The lowest BCUT2D eigenvalue weighted by molar-refractivity contribution is 0.254. The molecule has 0 aliphatic carbocycles. The second-order valence-corrected chi connectivity index (χ2v) is 5.96. The molecule has 1 heterocycles. The molecule has 1 unspecified atom stereocenters. The van der Waals surface area contributed by atoms with Gasteiger partial charge in [0.15, 0.2) is 0 Å². The zero-order valence-corrected chi connectivity index (χ0v) is 13.7. The van der Waals surface area contributed by atoms with E-state index >= 15 is 0 Å². The molecular formula is C17H26N4O. The maximum Gasteiger partial charge on any atom is 0.146 e. The third-order valence-electron chi connectivity index (χ3n) is 3.76. The van der Waals surface area contributed by atoms with Crippen molar-refractivity contribution in [2.75, 3.05) is 11.5 Å². The molecule has 1 aromatic carbocycles. The number of anilines is 1. The van der Waals surface area contributed by atoms with Crippen LogP contribution in [0.5, 0.6) is 0 Å². The van der Waals surface area contributed by atoms with Crippen LogP contribution in [0.25, 0.3) is 0 Å². The Morgan fingerprint density at radius 2 is 1.95 bits per heavy atom. The highest BCUT2D eigenvalue weighted by molar-refractivity contribution is 5.47. The number of aliphatic hydroxyl groups is 1. The molecule has 0 aliphatic heterocycles. The lowest BCUT2D eigenvalue weighted by atomic mass is 10.1. The number of aromatic nitrogens is 3. The van der Waals surface area contributed by atoms with Gasteiger partial charge < -0.3 is 10.0 Å². The van der Waals surface area contributed by atoms with E-state index in [0.717, 1.165) is 24.5 Å². The summed E-state index contributed by atoms with van der Waals surface area (Å²) in [6, 6.07) is 10.3. The molecule has 0 radical (unpaired) electrons. The Kier molecular flexibility index (Phi) is 5.95. The quantitative estimate of drug-likeness (QED) is 0.814. The standard InChI is InChI=1S/C17H26N4O/c1-4-15(12-22)20(16-8-6-5-7-9-16)11-17-18-13-19-21(17)10-14(2)3/h5-9,13-15,22H,4,10-12H2,1-3H3. The first-order valence-corrected chi connectivity index (χ1v) is 7.94. The number of benzene rings is 1. The van der Waals surface area contributed by atoms with Crippen LogP contribution in [0.3, 0.4) is 0 Å². The van der Waals surface area contributed by atoms with E-state index in [1.54, 1.807) is 6.33 Å². The topological polar surface area (TPSA) is 54.2 Å². The Labute approximate surface area is 132 Å². The van der Waals surface area contributed by atoms with E-state index < -0.39 is 0 Å². The van der Waals surface area contributed by atoms with Crippen molar-refractivity contribution in [3.05, 3.63) is 42.5 Å². The Bertz CT molecular complexity index is 549. The van der Waals surface area contributed by atoms with Crippen molar-refractivity contribution in [1.29, 1.82) is 0 Å². The van der Waals surface area contributed by atoms with Gasteiger partial charge in [-0.25, -0.2) is 9.67 Å². The van der Waals surface area contributed by atoms with Crippen molar-refractivity contribution >= 4 is 5.69 Å². The van der Waals surface area contributed by atoms with Gasteiger partial charge in [0.1, 0.15) is 12.2 Å². The Hall–Kier alpha value is -1.88. The third-order valence-corrected chi connectivity index (χ3v) is 3.76. The van der Waals surface area contributed by atoms with Gasteiger partial charge in [-0.05, 0) is 24.5 Å². The molecule has 0 amide bonds. The van der Waals surface area contributed by atoms with Crippen LogP contribution < -0.4 is 4.90 Å². The maximum absolute atomic E-state index is 9.72. The van der Waals surface area contributed by atoms with Crippen LogP contribution in [0.2, 0.25) is 0 Å². The van der Waals surface area contributed by atoms with Crippen LogP contribution in [-0.2, 0) is 13.1 Å². The third kappa shape index (κ3) is 4.07. The minimum Gasteiger partial charge on any atom is -0.394 e. The van der Waals surface area contributed by atoms with Crippen LogP contribution in [0.15, 0.2) is 36.7 Å². The van der Waals surface area contributed by atoms with Crippen molar-refractivity contribution in [2.24, 2.45) is 5.92 Å². The predicted octanol–water partition coefficient (Wildman–Crippen LogP) is 2.71. The minimum absolute atomic E-state index is 0.0756. The predicted molar refractivity (Wildman–Crippen MR) is 88.6 cm³/mol. The number of hydrogen-bond acceptors (Lipinski definition) is 4. The molecule has 1 N–H and O–H groups in total. The number of para-hydroxylation sites is 1. The zero-order chi connectivity index (χ0) is 15.9. The fourth-order valence-electron chi connectivity index (χ4n) is 2.56.